The van der Waals surface area contributed by atoms with Crippen molar-refractivity contribution in [3.63, 3.8) is 0 Å². The molecule has 2 aromatic carbocycles. The number of halogens is 1. The molecular formula is C20H21BrN2O2. The predicted molar refractivity (Wildman–Crippen MR) is 102 cm³/mol. The first kappa shape index (κ1) is 17.7. The highest BCUT2D eigenvalue weighted by Gasteiger charge is 2.21. The number of carbonyl (C=O) groups excluding carboxylic acids is 2. The van der Waals surface area contributed by atoms with Gasteiger partial charge in [-0.2, -0.15) is 0 Å². The molecule has 1 fully saturated rings. The van der Waals surface area contributed by atoms with E-state index in [4.69, 9.17) is 0 Å². The van der Waals surface area contributed by atoms with Gasteiger partial charge < -0.3 is 10.2 Å². The largest absolute Gasteiger partial charge is 0.349 e. The van der Waals surface area contributed by atoms with Gasteiger partial charge >= 0.3 is 0 Å². The standard InChI is InChI=1S/C20H21BrN2O2/c1-14(17-5-2-3-6-18(17)21)22-19(24)13-15-8-10-16(11-9-15)23-12-4-7-20(23)25/h2-3,5-6,8-11,14H,4,7,12-13H2,1H3,(H,22,24)/t14-/m1/s1. The van der Waals surface area contributed by atoms with Crippen LogP contribution in [0.5, 0.6) is 0 Å². The molecule has 1 aliphatic rings. The van der Waals surface area contributed by atoms with E-state index in [2.05, 4.69) is 21.2 Å². The van der Waals surface area contributed by atoms with Crippen molar-refractivity contribution in [3.05, 3.63) is 64.1 Å². The van der Waals surface area contributed by atoms with Crippen LogP contribution in [0.15, 0.2) is 53.0 Å². The first-order valence-corrected chi connectivity index (χ1v) is 9.27. The van der Waals surface area contributed by atoms with Crippen molar-refractivity contribution in [1.29, 1.82) is 0 Å². The third-order valence-corrected chi connectivity index (χ3v) is 5.16. The van der Waals surface area contributed by atoms with Crippen LogP contribution >= 0.6 is 15.9 Å². The first-order chi connectivity index (χ1) is 12.0. The van der Waals surface area contributed by atoms with E-state index in [0.29, 0.717) is 12.8 Å². The van der Waals surface area contributed by atoms with Gasteiger partial charge in [-0.15, -0.1) is 0 Å². The van der Waals surface area contributed by atoms with Crippen molar-refractivity contribution in [2.24, 2.45) is 0 Å². The smallest absolute Gasteiger partial charge is 0.227 e. The Morgan fingerprint density at radius 3 is 2.56 bits per heavy atom. The van der Waals surface area contributed by atoms with Crippen molar-refractivity contribution >= 4 is 33.4 Å². The second-order valence-corrected chi connectivity index (χ2v) is 7.16. The maximum Gasteiger partial charge on any atom is 0.227 e. The third kappa shape index (κ3) is 4.28. The second kappa shape index (κ2) is 7.83. The number of amides is 2. The lowest BCUT2D eigenvalue weighted by atomic mass is 10.1. The van der Waals surface area contributed by atoms with Crippen LogP contribution in [0.1, 0.15) is 36.9 Å². The highest BCUT2D eigenvalue weighted by molar-refractivity contribution is 9.10. The average molecular weight is 401 g/mol. The van der Waals surface area contributed by atoms with Crippen LogP contribution in [0.4, 0.5) is 5.69 Å². The highest BCUT2D eigenvalue weighted by atomic mass is 79.9. The topological polar surface area (TPSA) is 49.4 Å². The van der Waals surface area contributed by atoms with E-state index >= 15 is 0 Å². The fourth-order valence-corrected chi connectivity index (χ4v) is 3.72. The summed E-state index contributed by atoms with van der Waals surface area (Å²) >= 11 is 3.52. The van der Waals surface area contributed by atoms with Crippen LogP contribution in [-0.4, -0.2) is 18.4 Å². The Morgan fingerprint density at radius 2 is 1.92 bits per heavy atom. The summed E-state index contributed by atoms with van der Waals surface area (Å²) < 4.78 is 0.988. The molecule has 1 N–H and O–H groups in total. The maximum atomic E-state index is 12.3. The highest BCUT2D eigenvalue weighted by Crippen LogP contribution is 2.23. The van der Waals surface area contributed by atoms with Crippen LogP contribution in [0.2, 0.25) is 0 Å². The van der Waals surface area contributed by atoms with Crippen LogP contribution in [-0.2, 0) is 16.0 Å². The normalized spacial score (nSPS) is 15.3. The van der Waals surface area contributed by atoms with Gasteiger partial charge in [-0.1, -0.05) is 46.3 Å². The summed E-state index contributed by atoms with van der Waals surface area (Å²) in [7, 11) is 0. The van der Waals surface area contributed by atoms with Crippen molar-refractivity contribution in [2.45, 2.75) is 32.2 Å². The Morgan fingerprint density at radius 1 is 1.20 bits per heavy atom. The number of hydrogen-bond acceptors (Lipinski definition) is 2. The number of carbonyl (C=O) groups is 2. The minimum absolute atomic E-state index is 0.0201. The van der Waals surface area contributed by atoms with Crippen LogP contribution < -0.4 is 10.2 Å². The summed E-state index contributed by atoms with van der Waals surface area (Å²) in [6.45, 7) is 2.75. The van der Waals surface area contributed by atoms with E-state index in [0.717, 1.165) is 34.3 Å². The Bertz CT molecular complexity index is 774. The number of rotatable bonds is 5. The molecule has 130 valence electrons. The van der Waals surface area contributed by atoms with Crippen molar-refractivity contribution in [2.75, 3.05) is 11.4 Å². The van der Waals surface area contributed by atoms with Gasteiger partial charge in [0.1, 0.15) is 0 Å². The monoisotopic (exact) mass is 400 g/mol. The Kier molecular flexibility index (Phi) is 5.53. The van der Waals surface area contributed by atoms with Gasteiger partial charge in [-0.25, -0.2) is 0 Å². The molecule has 0 aromatic heterocycles. The molecule has 4 nitrogen and oxygen atoms in total. The lowest BCUT2D eigenvalue weighted by Crippen LogP contribution is -2.28. The molecule has 2 amide bonds. The van der Waals surface area contributed by atoms with Crippen molar-refractivity contribution in [1.82, 2.24) is 5.32 Å². The van der Waals surface area contributed by atoms with Crippen LogP contribution in [0, 0.1) is 0 Å². The predicted octanol–water partition coefficient (Wildman–Crippen LogP) is 4.00. The zero-order chi connectivity index (χ0) is 17.8. The molecule has 1 heterocycles. The summed E-state index contributed by atoms with van der Waals surface area (Å²) in [6, 6.07) is 15.5. The lowest BCUT2D eigenvalue weighted by Gasteiger charge is -2.17. The zero-order valence-electron chi connectivity index (χ0n) is 14.2. The number of nitrogens with zero attached hydrogens (tertiary/aromatic N) is 1. The van der Waals surface area contributed by atoms with Gasteiger partial charge in [0.2, 0.25) is 11.8 Å². The molecule has 1 atom stereocenters. The van der Waals surface area contributed by atoms with Crippen molar-refractivity contribution < 1.29 is 9.59 Å². The molecule has 0 radical (unpaired) electrons. The van der Waals surface area contributed by atoms with Gasteiger partial charge in [0, 0.05) is 23.1 Å². The molecule has 0 unspecified atom stereocenters. The van der Waals surface area contributed by atoms with E-state index in [1.807, 2.05) is 55.5 Å². The maximum absolute atomic E-state index is 12.3. The zero-order valence-corrected chi connectivity index (χ0v) is 15.8. The number of hydrogen-bond donors (Lipinski definition) is 1. The van der Waals surface area contributed by atoms with E-state index in [1.54, 1.807) is 4.90 Å². The summed E-state index contributed by atoms with van der Waals surface area (Å²) in [5, 5.41) is 3.03. The third-order valence-electron chi connectivity index (χ3n) is 4.44. The molecule has 0 bridgehead atoms. The van der Waals surface area contributed by atoms with Gasteiger partial charge in [0.05, 0.1) is 12.5 Å². The fraction of sp³-hybridized carbons (Fsp3) is 0.300. The number of nitrogens with one attached hydrogen (secondary N) is 1. The van der Waals surface area contributed by atoms with E-state index in [9.17, 15) is 9.59 Å². The average Bonchev–Trinajstić information content (AvgIpc) is 3.02. The first-order valence-electron chi connectivity index (χ1n) is 8.47. The second-order valence-electron chi connectivity index (χ2n) is 6.30. The van der Waals surface area contributed by atoms with E-state index in [1.165, 1.54) is 0 Å². The summed E-state index contributed by atoms with van der Waals surface area (Å²) in [6.07, 6.45) is 1.86. The molecular weight excluding hydrogens is 380 g/mol. The van der Waals surface area contributed by atoms with Crippen LogP contribution in [0.25, 0.3) is 0 Å². The molecule has 5 heteroatoms. The minimum Gasteiger partial charge on any atom is -0.349 e. The molecule has 1 saturated heterocycles. The van der Waals surface area contributed by atoms with Gasteiger partial charge in [0.15, 0.2) is 0 Å². The molecule has 1 aliphatic heterocycles. The molecule has 0 aliphatic carbocycles. The summed E-state index contributed by atoms with van der Waals surface area (Å²) in [5.41, 5.74) is 2.90. The Hall–Kier alpha value is -2.14. The van der Waals surface area contributed by atoms with Gasteiger partial charge in [-0.3, -0.25) is 9.59 Å². The lowest BCUT2D eigenvalue weighted by molar-refractivity contribution is -0.121. The summed E-state index contributed by atoms with van der Waals surface area (Å²) in [5.74, 6) is 0.154. The SMILES string of the molecule is C[C@@H](NC(=O)Cc1ccc(N2CCCC2=O)cc1)c1ccccc1Br. The van der Waals surface area contributed by atoms with E-state index in [-0.39, 0.29) is 17.9 Å². The summed E-state index contributed by atoms with van der Waals surface area (Å²) in [4.78, 5) is 25.9. The number of anilines is 1. The molecule has 0 saturated carbocycles. The molecule has 25 heavy (non-hydrogen) atoms. The molecule has 2 aromatic rings. The van der Waals surface area contributed by atoms with Crippen molar-refractivity contribution in [3.8, 4) is 0 Å². The molecule has 0 spiro atoms. The Balaban J connectivity index is 1.59. The van der Waals surface area contributed by atoms with Gasteiger partial charge in [0.25, 0.3) is 0 Å². The number of benzene rings is 2. The van der Waals surface area contributed by atoms with Crippen LogP contribution in [0.3, 0.4) is 0 Å². The fourth-order valence-electron chi connectivity index (χ4n) is 3.10. The van der Waals surface area contributed by atoms with E-state index < -0.39 is 0 Å². The Labute approximate surface area is 156 Å². The minimum atomic E-state index is -0.0652. The molecule has 3 rings (SSSR count). The quantitative estimate of drug-likeness (QED) is 0.824. The van der Waals surface area contributed by atoms with Gasteiger partial charge in [-0.05, 0) is 42.7 Å².